The largest absolute Gasteiger partial charge is 0.491 e. The number of carbonyl (C=O) groups is 1. The first-order valence-corrected chi connectivity index (χ1v) is 8.27. The molecule has 0 saturated heterocycles. The number of aryl methyl sites for hydroxylation is 1. The summed E-state index contributed by atoms with van der Waals surface area (Å²) in [6.45, 7) is 2.46. The van der Waals surface area contributed by atoms with E-state index in [-0.39, 0.29) is 25.0 Å². The summed E-state index contributed by atoms with van der Waals surface area (Å²) in [5.74, 6) is 2.37. The number of hydrogen-bond acceptors (Lipinski definition) is 3. The average molecular weight is 303 g/mol. The van der Waals surface area contributed by atoms with Crippen LogP contribution in [-0.4, -0.2) is 30.3 Å². The Labute approximate surface area is 131 Å². The lowest BCUT2D eigenvalue weighted by Crippen LogP contribution is -2.40. The number of benzene rings is 1. The van der Waals surface area contributed by atoms with E-state index in [0.29, 0.717) is 5.92 Å². The molecule has 0 radical (unpaired) electrons. The van der Waals surface area contributed by atoms with Crippen LogP contribution in [0.4, 0.5) is 0 Å². The van der Waals surface area contributed by atoms with Crippen molar-refractivity contribution in [2.45, 2.75) is 38.7 Å². The summed E-state index contributed by atoms with van der Waals surface area (Å²) < 4.78 is 5.55. The standard InChI is InChI=1S/C18H25NO3/c1-12-3-2-4-16(7-12)22-11-15(20)10-19-18(21)17-9-13-5-6-14(17)8-13/h2-4,7,13-15,17,20H,5-6,8-11H2,1H3,(H,19,21). The number of aliphatic hydroxyl groups excluding tert-OH is 1. The first kappa shape index (κ1) is 15.3. The van der Waals surface area contributed by atoms with Crippen LogP contribution >= 0.6 is 0 Å². The fraction of sp³-hybridized carbons (Fsp3) is 0.611. The number of aliphatic hydroxyl groups is 1. The van der Waals surface area contributed by atoms with Crippen LogP contribution in [0, 0.1) is 24.7 Å². The lowest BCUT2D eigenvalue weighted by Gasteiger charge is -2.21. The van der Waals surface area contributed by atoms with Gasteiger partial charge in [0.25, 0.3) is 0 Å². The van der Waals surface area contributed by atoms with Crippen molar-refractivity contribution in [3.8, 4) is 5.75 Å². The highest BCUT2D eigenvalue weighted by Gasteiger charge is 2.42. The molecule has 3 rings (SSSR count). The van der Waals surface area contributed by atoms with Crippen LogP contribution in [0.1, 0.15) is 31.2 Å². The van der Waals surface area contributed by atoms with E-state index in [1.54, 1.807) is 0 Å². The number of carbonyl (C=O) groups excluding carboxylic acids is 1. The second-order valence-electron chi connectivity index (χ2n) is 6.81. The number of rotatable bonds is 6. The molecule has 22 heavy (non-hydrogen) atoms. The SMILES string of the molecule is Cc1cccc(OCC(O)CNC(=O)C2CC3CCC2C3)c1. The zero-order valence-corrected chi connectivity index (χ0v) is 13.1. The van der Waals surface area contributed by atoms with E-state index in [1.807, 2.05) is 31.2 Å². The molecule has 2 aliphatic rings. The van der Waals surface area contributed by atoms with Crippen LogP contribution in [0.5, 0.6) is 5.75 Å². The van der Waals surface area contributed by atoms with Crippen molar-refractivity contribution >= 4 is 5.91 Å². The molecule has 2 fully saturated rings. The molecule has 120 valence electrons. The van der Waals surface area contributed by atoms with Gasteiger partial charge in [-0.1, -0.05) is 18.6 Å². The third-order valence-corrected chi connectivity index (χ3v) is 5.02. The van der Waals surface area contributed by atoms with Crippen molar-refractivity contribution in [1.29, 1.82) is 0 Å². The molecule has 0 aliphatic heterocycles. The molecule has 2 bridgehead atoms. The van der Waals surface area contributed by atoms with E-state index in [0.717, 1.165) is 23.7 Å². The number of ether oxygens (including phenoxy) is 1. The predicted molar refractivity (Wildman–Crippen MR) is 84.6 cm³/mol. The van der Waals surface area contributed by atoms with Crippen molar-refractivity contribution in [3.05, 3.63) is 29.8 Å². The smallest absolute Gasteiger partial charge is 0.223 e. The number of hydrogen-bond donors (Lipinski definition) is 2. The summed E-state index contributed by atoms with van der Waals surface area (Å²) in [5.41, 5.74) is 1.12. The number of fused-ring (bicyclic) bond motifs is 2. The first-order chi connectivity index (χ1) is 10.6. The van der Waals surface area contributed by atoms with E-state index in [1.165, 1.54) is 19.3 Å². The maximum absolute atomic E-state index is 12.2. The molecule has 0 aromatic heterocycles. The molecule has 1 aromatic rings. The van der Waals surface area contributed by atoms with Crippen molar-refractivity contribution in [2.75, 3.05) is 13.2 Å². The average Bonchev–Trinajstić information content (AvgIpc) is 3.13. The van der Waals surface area contributed by atoms with Crippen LogP contribution in [0.3, 0.4) is 0 Å². The molecule has 4 atom stereocenters. The maximum atomic E-state index is 12.2. The van der Waals surface area contributed by atoms with Crippen LogP contribution in [0.25, 0.3) is 0 Å². The first-order valence-electron chi connectivity index (χ1n) is 8.27. The normalized spacial score (nSPS) is 27.6. The van der Waals surface area contributed by atoms with Gasteiger partial charge in [0.1, 0.15) is 18.5 Å². The van der Waals surface area contributed by atoms with Crippen molar-refractivity contribution in [3.63, 3.8) is 0 Å². The van der Waals surface area contributed by atoms with Crippen molar-refractivity contribution < 1.29 is 14.6 Å². The van der Waals surface area contributed by atoms with Gasteiger partial charge < -0.3 is 15.2 Å². The zero-order chi connectivity index (χ0) is 15.5. The van der Waals surface area contributed by atoms with Gasteiger partial charge in [0, 0.05) is 12.5 Å². The molecule has 0 heterocycles. The van der Waals surface area contributed by atoms with Gasteiger partial charge in [-0.05, 0) is 55.7 Å². The summed E-state index contributed by atoms with van der Waals surface area (Å²) in [4.78, 5) is 12.2. The topological polar surface area (TPSA) is 58.6 Å². The number of amides is 1. The monoisotopic (exact) mass is 303 g/mol. The Kier molecular flexibility index (Phi) is 4.67. The van der Waals surface area contributed by atoms with Crippen LogP contribution in [0.2, 0.25) is 0 Å². The van der Waals surface area contributed by atoms with E-state index in [4.69, 9.17) is 4.74 Å². The Balaban J connectivity index is 1.39. The summed E-state index contributed by atoms with van der Waals surface area (Å²) in [6, 6.07) is 7.72. The molecule has 1 aromatic carbocycles. The van der Waals surface area contributed by atoms with Crippen molar-refractivity contribution in [2.24, 2.45) is 17.8 Å². The van der Waals surface area contributed by atoms with E-state index >= 15 is 0 Å². The highest BCUT2D eigenvalue weighted by Crippen LogP contribution is 2.48. The molecule has 4 heteroatoms. The van der Waals surface area contributed by atoms with Gasteiger partial charge in [-0.15, -0.1) is 0 Å². The van der Waals surface area contributed by atoms with E-state index in [2.05, 4.69) is 5.32 Å². The molecule has 2 N–H and O–H groups in total. The second kappa shape index (κ2) is 6.69. The maximum Gasteiger partial charge on any atom is 0.223 e. The third-order valence-electron chi connectivity index (χ3n) is 5.02. The molecule has 4 nitrogen and oxygen atoms in total. The Morgan fingerprint density at radius 2 is 2.27 bits per heavy atom. The number of nitrogens with one attached hydrogen (secondary N) is 1. The van der Waals surface area contributed by atoms with Crippen molar-refractivity contribution in [1.82, 2.24) is 5.32 Å². The highest BCUT2D eigenvalue weighted by molar-refractivity contribution is 5.79. The van der Waals surface area contributed by atoms with Crippen LogP contribution in [0.15, 0.2) is 24.3 Å². The van der Waals surface area contributed by atoms with Gasteiger partial charge in [-0.3, -0.25) is 4.79 Å². The second-order valence-corrected chi connectivity index (χ2v) is 6.81. The molecular formula is C18H25NO3. The fourth-order valence-corrected chi connectivity index (χ4v) is 3.87. The molecule has 0 spiro atoms. The Hall–Kier alpha value is -1.55. The van der Waals surface area contributed by atoms with Gasteiger partial charge in [0.05, 0.1) is 0 Å². The van der Waals surface area contributed by atoms with Gasteiger partial charge in [0.15, 0.2) is 0 Å². The Bertz CT molecular complexity index is 531. The molecule has 2 saturated carbocycles. The third kappa shape index (κ3) is 3.61. The molecule has 4 unspecified atom stereocenters. The minimum absolute atomic E-state index is 0.113. The summed E-state index contributed by atoms with van der Waals surface area (Å²) in [5, 5.41) is 12.9. The Morgan fingerprint density at radius 3 is 2.95 bits per heavy atom. The van der Waals surface area contributed by atoms with Crippen LogP contribution in [-0.2, 0) is 4.79 Å². The predicted octanol–water partition coefficient (Wildman–Crippen LogP) is 2.29. The van der Waals surface area contributed by atoms with Gasteiger partial charge >= 0.3 is 0 Å². The lowest BCUT2D eigenvalue weighted by atomic mass is 9.88. The minimum Gasteiger partial charge on any atom is -0.491 e. The summed E-state index contributed by atoms with van der Waals surface area (Å²) >= 11 is 0. The Morgan fingerprint density at radius 1 is 1.41 bits per heavy atom. The van der Waals surface area contributed by atoms with E-state index in [9.17, 15) is 9.90 Å². The lowest BCUT2D eigenvalue weighted by molar-refractivity contribution is -0.127. The zero-order valence-electron chi connectivity index (χ0n) is 13.1. The highest BCUT2D eigenvalue weighted by atomic mass is 16.5. The van der Waals surface area contributed by atoms with Gasteiger partial charge in [-0.25, -0.2) is 0 Å². The molecule has 1 amide bonds. The van der Waals surface area contributed by atoms with Crippen LogP contribution < -0.4 is 10.1 Å². The molecular weight excluding hydrogens is 278 g/mol. The van der Waals surface area contributed by atoms with Gasteiger partial charge in [0.2, 0.25) is 5.91 Å². The summed E-state index contributed by atoms with van der Waals surface area (Å²) in [6.07, 6.45) is 4.07. The minimum atomic E-state index is -0.678. The molecule has 2 aliphatic carbocycles. The van der Waals surface area contributed by atoms with Gasteiger partial charge in [-0.2, -0.15) is 0 Å². The fourth-order valence-electron chi connectivity index (χ4n) is 3.87. The van der Waals surface area contributed by atoms with E-state index < -0.39 is 6.10 Å². The summed E-state index contributed by atoms with van der Waals surface area (Å²) in [7, 11) is 0. The quantitative estimate of drug-likeness (QED) is 0.847.